The first kappa shape index (κ1) is 56.5. The maximum Gasteiger partial charge on any atom is 0.246 e. The normalized spacial score (nSPS) is 22.2. The molecule has 0 bridgehead atoms. The molecule has 2 aromatic rings. The lowest BCUT2D eigenvalue weighted by molar-refractivity contribution is -0.142. The molecule has 18 N–H and O–H groups in total. The van der Waals surface area contributed by atoms with Gasteiger partial charge in [0.05, 0.1) is 13.0 Å². The number of nitrogens with two attached hydrogens (primary N) is 5. The number of nitrogens with zero attached hydrogens (tertiary/aromatic N) is 2. The molecule has 0 saturated carbocycles. The van der Waals surface area contributed by atoms with E-state index in [1.165, 1.54) is 17.0 Å². The predicted molar refractivity (Wildman–Crippen MR) is 263 cm³/mol. The molecule has 10 amide bonds. The molecule has 2 aromatic carbocycles. The van der Waals surface area contributed by atoms with Gasteiger partial charge in [0.2, 0.25) is 59.1 Å². The third kappa shape index (κ3) is 19.0. The number of likely N-dealkylation sites (tertiary alicyclic amines) is 1. The van der Waals surface area contributed by atoms with E-state index >= 15 is 0 Å². The van der Waals surface area contributed by atoms with Crippen LogP contribution in [0.4, 0.5) is 0 Å². The van der Waals surface area contributed by atoms with Crippen LogP contribution in [-0.4, -0.2) is 155 Å². The van der Waals surface area contributed by atoms with E-state index in [4.69, 9.17) is 28.7 Å². The van der Waals surface area contributed by atoms with Crippen LogP contribution in [0.15, 0.2) is 59.6 Å². The van der Waals surface area contributed by atoms with Crippen molar-refractivity contribution in [3.63, 3.8) is 0 Å². The minimum absolute atomic E-state index is 0.0245. The molecule has 0 aliphatic carbocycles. The molecule has 0 unspecified atom stereocenters. The molecular formula is C44H62N14O11S2. The van der Waals surface area contributed by atoms with Crippen molar-refractivity contribution in [3.8, 4) is 5.75 Å². The summed E-state index contributed by atoms with van der Waals surface area (Å²) in [6.45, 7) is -0.874. The standard InChI is InChI=1S/C44H62N14O11S2/c45-21-31-41(67)55-30(20-34(46)60)40(66)57-32(43(69)58-16-5-9-33(58)42(68)53-27(8-4-15-50-44(48)49)37(63)51-22-35(47)61)23-71-70-17-14-36(62)52-28(19-25-10-12-26(59)13-11-25)38(64)54-29(39(65)56-31)18-24-6-2-1-3-7-24/h1-3,6-7,10-13,27-33,59H,4-5,8-9,14-23,45H2,(H2,46,60)(H2,47,61)(H,51,63)(H,52,62)(H,53,68)(H,54,64)(H,55,67)(H,56,65)(H,57,66)(H4,48,49,50)/t27-,28-,29-,30-,31-,32-,33-/m0/s1. The minimum atomic E-state index is -1.70. The van der Waals surface area contributed by atoms with E-state index in [1.807, 2.05) is 0 Å². The van der Waals surface area contributed by atoms with Crippen molar-refractivity contribution in [3.05, 3.63) is 65.7 Å². The summed E-state index contributed by atoms with van der Waals surface area (Å²) in [5.41, 5.74) is 28.7. The van der Waals surface area contributed by atoms with Crippen LogP contribution >= 0.6 is 21.6 Å². The number of benzene rings is 2. The number of primary amides is 2. The van der Waals surface area contributed by atoms with Gasteiger partial charge in [0, 0.05) is 50.4 Å². The Bertz CT molecular complexity index is 2260. The number of aromatic hydroxyl groups is 1. The molecule has 2 fully saturated rings. The highest BCUT2D eigenvalue weighted by atomic mass is 33.1. The summed E-state index contributed by atoms with van der Waals surface area (Å²) >= 11 is 0. The average Bonchev–Trinajstić information content (AvgIpc) is 3.83. The third-order valence-corrected chi connectivity index (χ3v) is 13.5. The van der Waals surface area contributed by atoms with Gasteiger partial charge in [-0.05, 0) is 48.9 Å². The highest BCUT2D eigenvalue weighted by Crippen LogP contribution is 2.26. The van der Waals surface area contributed by atoms with E-state index < -0.39 is 121 Å². The summed E-state index contributed by atoms with van der Waals surface area (Å²) in [6, 6.07) is 5.03. The Hall–Kier alpha value is -7.13. The van der Waals surface area contributed by atoms with E-state index in [0.29, 0.717) is 17.5 Å². The first-order valence-electron chi connectivity index (χ1n) is 22.6. The van der Waals surface area contributed by atoms with Crippen LogP contribution in [0.2, 0.25) is 0 Å². The van der Waals surface area contributed by atoms with Crippen LogP contribution in [0.25, 0.3) is 0 Å². The molecule has 2 aliphatic rings. The fourth-order valence-electron chi connectivity index (χ4n) is 7.46. The maximum absolute atomic E-state index is 14.5. The summed E-state index contributed by atoms with van der Waals surface area (Å²) < 4.78 is 0. The van der Waals surface area contributed by atoms with Crippen molar-refractivity contribution >= 4 is 86.6 Å². The zero-order valence-electron chi connectivity index (χ0n) is 38.8. The van der Waals surface area contributed by atoms with E-state index in [0.717, 1.165) is 21.6 Å². The second-order valence-electron chi connectivity index (χ2n) is 16.6. The summed E-state index contributed by atoms with van der Waals surface area (Å²) in [5, 5.41) is 27.8. The Morgan fingerprint density at radius 3 is 2.00 bits per heavy atom. The van der Waals surface area contributed by atoms with Gasteiger partial charge in [0.1, 0.15) is 48.0 Å². The number of guanidine groups is 1. The Labute approximate surface area is 416 Å². The van der Waals surface area contributed by atoms with E-state index in [-0.39, 0.29) is 74.8 Å². The Morgan fingerprint density at radius 1 is 0.761 bits per heavy atom. The molecule has 2 saturated heterocycles. The van der Waals surface area contributed by atoms with Gasteiger partial charge in [-0.15, -0.1) is 0 Å². The van der Waals surface area contributed by atoms with Crippen molar-refractivity contribution in [1.82, 2.24) is 42.1 Å². The van der Waals surface area contributed by atoms with Gasteiger partial charge in [-0.2, -0.15) is 0 Å². The molecule has 71 heavy (non-hydrogen) atoms. The number of aliphatic imine (C=N–C) groups is 1. The number of phenols is 1. The van der Waals surface area contributed by atoms with Crippen molar-refractivity contribution in [1.29, 1.82) is 0 Å². The van der Waals surface area contributed by atoms with Crippen LogP contribution in [0, 0.1) is 0 Å². The van der Waals surface area contributed by atoms with Gasteiger partial charge in [-0.3, -0.25) is 52.9 Å². The van der Waals surface area contributed by atoms with Crippen molar-refractivity contribution < 1.29 is 53.1 Å². The number of amides is 10. The van der Waals surface area contributed by atoms with Crippen molar-refractivity contribution in [2.45, 2.75) is 93.7 Å². The third-order valence-electron chi connectivity index (χ3n) is 11.0. The van der Waals surface area contributed by atoms with E-state index in [2.05, 4.69) is 42.2 Å². The molecule has 25 nitrogen and oxygen atoms in total. The van der Waals surface area contributed by atoms with Gasteiger partial charge >= 0.3 is 0 Å². The molecular weight excluding hydrogens is 965 g/mol. The van der Waals surface area contributed by atoms with Crippen LogP contribution in [-0.2, 0) is 60.8 Å². The Balaban J connectivity index is 1.64. The smallest absolute Gasteiger partial charge is 0.246 e. The monoisotopic (exact) mass is 1030 g/mol. The molecule has 27 heteroatoms. The van der Waals surface area contributed by atoms with E-state index in [9.17, 15) is 53.1 Å². The van der Waals surface area contributed by atoms with Gasteiger partial charge in [0.15, 0.2) is 5.96 Å². The van der Waals surface area contributed by atoms with Gasteiger partial charge in [0.25, 0.3) is 0 Å². The summed E-state index contributed by atoms with van der Waals surface area (Å²) in [6.07, 6.45) is -0.242. The zero-order valence-corrected chi connectivity index (χ0v) is 40.4. The SMILES string of the molecule is NC[C@@H]1NC(=O)[C@H](Cc2ccccc2)NC(=O)[C@H](Cc2ccc(O)cc2)NC(=O)CCSSC[C@@H](C(=O)N2CCC[C@H]2C(=O)N[C@@H](CCCN=C(N)N)C(=O)NCC(N)=O)NC(=O)[C@H](CC(N)=O)NC1=O. The van der Waals surface area contributed by atoms with E-state index in [1.54, 1.807) is 42.5 Å². The van der Waals surface area contributed by atoms with Crippen LogP contribution in [0.1, 0.15) is 49.7 Å². The highest BCUT2D eigenvalue weighted by molar-refractivity contribution is 8.76. The zero-order chi connectivity index (χ0) is 52.0. The molecule has 2 aliphatic heterocycles. The van der Waals surface area contributed by atoms with Gasteiger partial charge in [-0.25, -0.2) is 0 Å². The van der Waals surface area contributed by atoms with Crippen molar-refractivity contribution in [2.24, 2.45) is 33.7 Å². The molecule has 4 rings (SSSR count). The lowest BCUT2D eigenvalue weighted by Gasteiger charge is -2.30. The summed E-state index contributed by atoms with van der Waals surface area (Å²) in [4.78, 5) is 140. The lowest BCUT2D eigenvalue weighted by Crippen LogP contribution is -2.62. The number of carbonyl (C=O) groups excluding carboxylic acids is 10. The maximum atomic E-state index is 14.5. The second kappa shape index (κ2) is 28.5. The van der Waals surface area contributed by atoms with Crippen LogP contribution in [0.5, 0.6) is 5.75 Å². The Kier molecular flexibility index (Phi) is 22.7. The molecule has 7 atom stereocenters. The highest BCUT2D eigenvalue weighted by Gasteiger charge is 2.40. The number of hydrogen-bond acceptors (Lipinski definition) is 15. The first-order valence-corrected chi connectivity index (χ1v) is 25.1. The predicted octanol–water partition coefficient (Wildman–Crippen LogP) is -4.65. The quantitative estimate of drug-likeness (QED) is 0.0307. The first-order chi connectivity index (χ1) is 33.8. The van der Waals surface area contributed by atoms with Crippen LogP contribution in [0.3, 0.4) is 0 Å². The topological polar surface area (TPSA) is 421 Å². The molecule has 0 spiro atoms. The van der Waals surface area contributed by atoms with Crippen molar-refractivity contribution in [2.75, 3.05) is 37.7 Å². The second-order valence-corrected chi connectivity index (χ2v) is 19.2. The molecule has 386 valence electrons. The average molecular weight is 1030 g/mol. The summed E-state index contributed by atoms with van der Waals surface area (Å²) in [7, 11) is 2.23. The Morgan fingerprint density at radius 2 is 1.37 bits per heavy atom. The molecule has 2 heterocycles. The number of phenolic OH excluding ortho intramolecular Hbond substituents is 1. The number of rotatable bonds is 17. The number of carbonyl (C=O) groups is 10. The fraction of sp³-hybridized carbons (Fsp3) is 0.477. The summed E-state index contributed by atoms with van der Waals surface area (Å²) in [5.74, 6) is -8.49. The number of nitrogens with one attached hydrogen (secondary N) is 7. The fourth-order valence-corrected chi connectivity index (χ4v) is 9.60. The van der Waals surface area contributed by atoms with Crippen LogP contribution < -0.4 is 65.9 Å². The molecule has 0 radical (unpaired) electrons. The molecule has 0 aromatic heterocycles. The van der Waals surface area contributed by atoms with Gasteiger partial charge in [-0.1, -0.05) is 64.1 Å². The largest absolute Gasteiger partial charge is 0.508 e. The van der Waals surface area contributed by atoms with Gasteiger partial charge < -0.3 is 75.9 Å². The lowest BCUT2D eigenvalue weighted by atomic mass is 10.0. The minimum Gasteiger partial charge on any atom is -0.508 e. The number of hydrogen-bond donors (Lipinski definition) is 13.